The Balaban J connectivity index is 2.11. The van der Waals surface area contributed by atoms with Gasteiger partial charge in [0.1, 0.15) is 6.54 Å². The zero-order chi connectivity index (χ0) is 15.0. The van der Waals surface area contributed by atoms with Gasteiger partial charge in [-0.1, -0.05) is 6.07 Å². The van der Waals surface area contributed by atoms with Gasteiger partial charge in [0, 0.05) is 18.8 Å². The molecule has 0 fully saturated rings. The van der Waals surface area contributed by atoms with Gasteiger partial charge in [-0.25, -0.2) is 0 Å². The lowest BCUT2D eigenvalue weighted by molar-refractivity contribution is -0.121. The van der Waals surface area contributed by atoms with Crippen LogP contribution in [0, 0.1) is 0 Å². The van der Waals surface area contributed by atoms with Crippen LogP contribution in [0.25, 0.3) is 0 Å². The molecule has 1 heterocycles. The number of nitrogens with one attached hydrogen (secondary N) is 1. The number of rotatable bonds is 3. The minimum absolute atomic E-state index is 0.0214. The molecule has 0 spiro atoms. The standard InChI is InChI=1S/C11H14F3N3O2S/c12-11(13,14)7-16-20(18,19)17-4-3-8-1-2-10(15)5-9(8)6-17/h1-2,5,16H,3-4,6-7,15H2. The Hall–Kier alpha value is -1.32. The highest BCUT2D eigenvalue weighted by atomic mass is 32.2. The Kier molecular flexibility index (Phi) is 3.94. The molecule has 0 aromatic heterocycles. The van der Waals surface area contributed by atoms with Gasteiger partial charge in [0.25, 0.3) is 10.2 Å². The maximum Gasteiger partial charge on any atom is 0.402 e. The molecule has 0 atom stereocenters. The third kappa shape index (κ3) is 3.62. The van der Waals surface area contributed by atoms with E-state index in [0.717, 1.165) is 9.87 Å². The van der Waals surface area contributed by atoms with Gasteiger partial charge >= 0.3 is 6.18 Å². The number of hydrogen-bond acceptors (Lipinski definition) is 3. The van der Waals surface area contributed by atoms with Gasteiger partial charge in [0.2, 0.25) is 0 Å². The van der Waals surface area contributed by atoms with Crippen LogP contribution >= 0.6 is 0 Å². The zero-order valence-electron chi connectivity index (χ0n) is 10.4. The van der Waals surface area contributed by atoms with Gasteiger partial charge in [-0.3, -0.25) is 0 Å². The van der Waals surface area contributed by atoms with Gasteiger partial charge in [-0.2, -0.15) is 30.6 Å². The molecule has 0 amide bonds. The van der Waals surface area contributed by atoms with E-state index in [2.05, 4.69) is 0 Å². The quantitative estimate of drug-likeness (QED) is 0.819. The van der Waals surface area contributed by atoms with Crippen molar-refractivity contribution in [1.82, 2.24) is 9.03 Å². The van der Waals surface area contributed by atoms with Crippen LogP contribution in [0.15, 0.2) is 18.2 Å². The second-order valence-corrected chi connectivity index (χ2v) is 6.31. The monoisotopic (exact) mass is 309 g/mol. The fourth-order valence-electron chi connectivity index (χ4n) is 2.02. The highest BCUT2D eigenvalue weighted by molar-refractivity contribution is 7.87. The Morgan fingerprint density at radius 3 is 2.65 bits per heavy atom. The first-order valence-electron chi connectivity index (χ1n) is 5.86. The second-order valence-electron chi connectivity index (χ2n) is 4.55. The van der Waals surface area contributed by atoms with Crippen molar-refractivity contribution in [2.24, 2.45) is 0 Å². The summed E-state index contributed by atoms with van der Waals surface area (Å²) in [5, 5.41) is 0. The molecule has 1 aliphatic heterocycles. The van der Waals surface area contributed by atoms with Gasteiger partial charge in [0.05, 0.1) is 0 Å². The summed E-state index contributed by atoms with van der Waals surface area (Å²) in [5.41, 5.74) is 7.79. The molecular weight excluding hydrogens is 295 g/mol. The lowest BCUT2D eigenvalue weighted by Gasteiger charge is -2.28. The molecule has 9 heteroatoms. The molecule has 112 valence electrons. The van der Waals surface area contributed by atoms with Crippen molar-refractivity contribution in [3.63, 3.8) is 0 Å². The van der Waals surface area contributed by atoms with Crippen molar-refractivity contribution in [3.05, 3.63) is 29.3 Å². The van der Waals surface area contributed by atoms with Crippen molar-refractivity contribution in [1.29, 1.82) is 0 Å². The van der Waals surface area contributed by atoms with Crippen molar-refractivity contribution in [3.8, 4) is 0 Å². The fourth-order valence-corrected chi connectivity index (χ4v) is 3.19. The number of anilines is 1. The van der Waals surface area contributed by atoms with Crippen LogP contribution in [0.2, 0.25) is 0 Å². The zero-order valence-corrected chi connectivity index (χ0v) is 11.3. The van der Waals surface area contributed by atoms with E-state index >= 15 is 0 Å². The number of fused-ring (bicyclic) bond motifs is 1. The lowest BCUT2D eigenvalue weighted by Crippen LogP contribution is -2.46. The molecule has 5 nitrogen and oxygen atoms in total. The fraction of sp³-hybridized carbons (Fsp3) is 0.455. The summed E-state index contributed by atoms with van der Waals surface area (Å²) >= 11 is 0. The normalized spacial score (nSPS) is 16.9. The highest BCUT2D eigenvalue weighted by Gasteiger charge is 2.33. The number of nitrogens with zero attached hydrogens (tertiary/aromatic N) is 1. The number of alkyl halides is 3. The minimum Gasteiger partial charge on any atom is -0.399 e. The average Bonchev–Trinajstić information content (AvgIpc) is 2.35. The first kappa shape index (κ1) is 15.1. The average molecular weight is 309 g/mol. The number of benzene rings is 1. The molecule has 1 aromatic carbocycles. The maximum absolute atomic E-state index is 12.1. The van der Waals surface area contributed by atoms with E-state index in [4.69, 9.17) is 5.73 Å². The summed E-state index contributed by atoms with van der Waals surface area (Å²) in [7, 11) is -4.15. The molecule has 0 saturated heterocycles. The van der Waals surface area contributed by atoms with E-state index in [1.165, 1.54) is 0 Å². The minimum atomic E-state index is -4.58. The van der Waals surface area contributed by atoms with Crippen molar-refractivity contribution in [2.45, 2.75) is 19.1 Å². The third-order valence-corrected chi connectivity index (χ3v) is 4.50. The van der Waals surface area contributed by atoms with Crippen LogP contribution in [0.3, 0.4) is 0 Å². The van der Waals surface area contributed by atoms with Crippen molar-refractivity contribution < 1.29 is 21.6 Å². The Bertz CT molecular complexity index is 601. The Morgan fingerprint density at radius 1 is 1.30 bits per heavy atom. The molecule has 0 saturated carbocycles. The molecule has 0 aliphatic carbocycles. The molecule has 3 N–H and O–H groups in total. The number of halogens is 3. The van der Waals surface area contributed by atoms with Crippen LogP contribution < -0.4 is 10.5 Å². The molecule has 1 aromatic rings. The second kappa shape index (κ2) is 5.23. The Morgan fingerprint density at radius 2 is 2.00 bits per heavy atom. The van der Waals surface area contributed by atoms with E-state index in [1.807, 2.05) is 0 Å². The highest BCUT2D eigenvalue weighted by Crippen LogP contribution is 2.23. The summed E-state index contributed by atoms with van der Waals surface area (Å²) in [6.45, 7) is -1.41. The van der Waals surface area contributed by atoms with E-state index in [-0.39, 0.29) is 13.1 Å². The summed E-state index contributed by atoms with van der Waals surface area (Å²) in [4.78, 5) is 0. The SMILES string of the molecule is Nc1ccc2c(c1)CN(S(=O)(=O)NCC(F)(F)F)CC2. The van der Waals surface area contributed by atoms with E-state index in [0.29, 0.717) is 17.7 Å². The number of hydrogen-bond donors (Lipinski definition) is 2. The van der Waals surface area contributed by atoms with Crippen molar-refractivity contribution in [2.75, 3.05) is 18.8 Å². The summed E-state index contributed by atoms with van der Waals surface area (Å²) < 4.78 is 62.4. The van der Waals surface area contributed by atoms with Crippen LogP contribution in [-0.4, -0.2) is 32.0 Å². The molecule has 2 rings (SSSR count). The largest absolute Gasteiger partial charge is 0.402 e. The predicted octanol–water partition coefficient (Wildman–Crippen LogP) is 1.02. The Labute approximate surface area is 114 Å². The molecule has 0 radical (unpaired) electrons. The number of nitrogens with two attached hydrogens (primary N) is 1. The summed E-state index contributed by atoms with van der Waals surface area (Å²) in [6, 6.07) is 5.16. The van der Waals surface area contributed by atoms with Gasteiger partial charge in [0.15, 0.2) is 0 Å². The van der Waals surface area contributed by atoms with Crippen molar-refractivity contribution >= 4 is 15.9 Å². The van der Waals surface area contributed by atoms with Crippen LogP contribution in [0.5, 0.6) is 0 Å². The summed E-state index contributed by atoms with van der Waals surface area (Å²) in [5.74, 6) is 0. The first-order valence-corrected chi connectivity index (χ1v) is 7.30. The topological polar surface area (TPSA) is 75.4 Å². The van der Waals surface area contributed by atoms with E-state index < -0.39 is 22.9 Å². The predicted molar refractivity (Wildman–Crippen MR) is 67.9 cm³/mol. The van der Waals surface area contributed by atoms with Crippen LogP contribution in [0.1, 0.15) is 11.1 Å². The number of nitrogen functional groups attached to an aromatic ring is 1. The van der Waals surface area contributed by atoms with Crippen LogP contribution in [0.4, 0.5) is 18.9 Å². The molecule has 1 aliphatic rings. The molecule has 20 heavy (non-hydrogen) atoms. The van der Waals surface area contributed by atoms with Crippen LogP contribution in [-0.2, 0) is 23.2 Å². The maximum atomic E-state index is 12.1. The molecular formula is C11H14F3N3O2S. The van der Waals surface area contributed by atoms with E-state index in [9.17, 15) is 21.6 Å². The van der Waals surface area contributed by atoms with Gasteiger partial charge < -0.3 is 5.73 Å². The third-order valence-electron chi connectivity index (χ3n) is 3.00. The molecule has 0 unspecified atom stereocenters. The van der Waals surface area contributed by atoms with Gasteiger partial charge in [-0.05, 0) is 29.7 Å². The van der Waals surface area contributed by atoms with E-state index in [1.54, 1.807) is 22.9 Å². The molecule has 0 bridgehead atoms. The lowest BCUT2D eigenvalue weighted by atomic mass is 10.0. The summed E-state index contributed by atoms with van der Waals surface area (Å²) in [6.07, 6.45) is -4.13. The van der Waals surface area contributed by atoms with Gasteiger partial charge in [-0.15, -0.1) is 0 Å². The smallest absolute Gasteiger partial charge is 0.399 e. The first-order chi connectivity index (χ1) is 9.17.